The van der Waals surface area contributed by atoms with Gasteiger partial charge in [0.2, 0.25) is 5.91 Å². The Bertz CT molecular complexity index is 787. The van der Waals surface area contributed by atoms with Crippen molar-refractivity contribution in [3.8, 4) is 0 Å². The van der Waals surface area contributed by atoms with Gasteiger partial charge in [0.1, 0.15) is 0 Å². The number of amides is 1. The summed E-state index contributed by atoms with van der Waals surface area (Å²) in [6.07, 6.45) is 3.12. The number of nitrogens with zero attached hydrogens (tertiary/aromatic N) is 2. The predicted molar refractivity (Wildman–Crippen MR) is 106 cm³/mol. The molecule has 1 fully saturated rings. The first-order valence-electron chi connectivity index (χ1n) is 9.97. The van der Waals surface area contributed by atoms with Gasteiger partial charge in [-0.1, -0.05) is 48.5 Å². The van der Waals surface area contributed by atoms with E-state index in [0.29, 0.717) is 12.5 Å². The fraction of sp³-hybridized carbons (Fsp3) is 0.435. The highest BCUT2D eigenvalue weighted by Crippen LogP contribution is 2.23. The van der Waals surface area contributed by atoms with Crippen LogP contribution in [-0.4, -0.2) is 47.0 Å². The molecule has 1 saturated heterocycles. The van der Waals surface area contributed by atoms with Gasteiger partial charge in [-0.2, -0.15) is 0 Å². The third-order valence-electron chi connectivity index (χ3n) is 5.94. The van der Waals surface area contributed by atoms with Gasteiger partial charge in [0.25, 0.3) is 0 Å². The van der Waals surface area contributed by atoms with Crippen molar-refractivity contribution in [2.45, 2.75) is 32.4 Å². The van der Waals surface area contributed by atoms with Crippen LogP contribution in [0.1, 0.15) is 28.7 Å². The second-order valence-electron chi connectivity index (χ2n) is 7.90. The van der Waals surface area contributed by atoms with Crippen LogP contribution in [0.3, 0.4) is 0 Å². The van der Waals surface area contributed by atoms with Gasteiger partial charge in [-0.3, -0.25) is 9.69 Å². The topological polar surface area (TPSA) is 43.8 Å². The van der Waals surface area contributed by atoms with E-state index in [-0.39, 0.29) is 12.5 Å². The van der Waals surface area contributed by atoms with Crippen molar-refractivity contribution in [3.05, 3.63) is 70.8 Å². The van der Waals surface area contributed by atoms with Gasteiger partial charge in [-0.15, -0.1) is 0 Å². The Morgan fingerprint density at radius 1 is 1.00 bits per heavy atom. The maximum Gasteiger partial charge on any atom is 0.236 e. The van der Waals surface area contributed by atoms with Gasteiger partial charge in [0, 0.05) is 26.2 Å². The summed E-state index contributed by atoms with van der Waals surface area (Å²) in [5.41, 5.74) is 5.03. The molecule has 0 saturated carbocycles. The molecule has 2 aliphatic heterocycles. The van der Waals surface area contributed by atoms with E-state index in [1.54, 1.807) is 0 Å². The first-order chi connectivity index (χ1) is 13.2. The van der Waals surface area contributed by atoms with E-state index in [1.165, 1.54) is 16.7 Å². The van der Waals surface area contributed by atoms with Crippen LogP contribution in [0.4, 0.5) is 0 Å². The van der Waals surface area contributed by atoms with Crippen LogP contribution in [0.15, 0.2) is 48.5 Å². The molecule has 2 aromatic carbocycles. The molecule has 0 radical (unpaired) electrons. The first-order valence-corrected chi connectivity index (χ1v) is 9.97. The average molecular weight is 364 g/mol. The lowest BCUT2D eigenvalue weighted by atomic mass is 9.98. The zero-order chi connectivity index (χ0) is 18.6. The van der Waals surface area contributed by atoms with Crippen molar-refractivity contribution >= 4 is 5.91 Å². The molecule has 27 heavy (non-hydrogen) atoms. The molecule has 1 atom stereocenters. The molecule has 0 aliphatic carbocycles. The third kappa shape index (κ3) is 4.40. The van der Waals surface area contributed by atoms with Gasteiger partial charge >= 0.3 is 0 Å². The molecule has 1 amide bonds. The van der Waals surface area contributed by atoms with Crippen LogP contribution in [0.2, 0.25) is 0 Å². The number of fused-ring (bicyclic) bond motifs is 1. The van der Waals surface area contributed by atoms with Crippen LogP contribution in [0.5, 0.6) is 0 Å². The first kappa shape index (κ1) is 18.2. The Labute approximate surface area is 161 Å². The molecule has 4 nitrogen and oxygen atoms in total. The molecule has 2 aromatic rings. The molecule has 4 rings (SSSR count). The number of hydrogen-bond donors (Lipinski definition) is 1. The second kappa shape index (κ2) is 8.24. The molecule has 4 heteroatoms. The van der Waals surface area contributed by atoms with Crippen molar-refractivity contribution in [3.63, 3.8) is 0 Å². The minimum absolute atomic E-state index is 0.0902. The van der Waals surface area contributed by atoms with Crippen molar-refractivity contribution in [1.82, 2.24) is 9.80 Å². The highest BCUT2D eigenvalue weighted by molar-refractivity contribution is 5.78. The van der Waals surface area contributed by atoms with E-state index < -0.39 is 0 Å². The maximum absolute atomic E-state index is 12.8. The predicted octanol–water partition coefficient (Wildman–Crippen LogP) is 2.63. The number of likely N-dealkylation sites (tertiary alicyclic amines) is 1. The van der Waals surface area contributed by atoms with Gasteiger partial charge in [-0.05, 0) is 47.4 Å². The Hall–Kier alpha value is -2.17. The zero-order valence-electron chi connectivity index (χ0n) is 15.8. The van der Waals surface area contributed by atoms with Crippen molar-refractivity contribution < 1.29 is 9.90 Å². The van der Waals surface area contributed by atoms with Crippen LogP contribution in [0, 0.1) is 5.92 Å². The van der Waals surface area contributed by atoms with Crippen molar-refractivity contribution in [2.24, 2.45) is 5.92 Å². The number of aliphatic hydroxyl groups excluding tert-OH is 1. The van der Waals surface area contributed by atoms with Gasteiger partial charge in [0.15, 0.2) is 0 Å². The summed E-state index contributed by atoms with van der Waals surface area (Å²) in [5, 5.41) is 9.15. The molecule has 0 aromatic heterocycles. The lowest BCUT2D eigenvalue weighted by Crippen LogP contribution is -2.41. The van der Waals surface area contributed by atoms with E-state index in [2.05, 4.69) is 41.3 Å². The van der Waals surface area contributed by atoms with Crippen LogP contribution >= 0.6 is 0 Å². The smallest absolute Gasteiger partial charge is 0.236 e. The molecule has 1 N–H and O–H groups in total. The number of hydrogen-bond acceptors (Lipinski definition) is 3. The highest BCUT2D eigenvalue weighted by Gasteiger charge is 2.28. The Kier molecular flexibility index (Phi) is 5.55. The average Bonchev–Trinajstić information content (AvgIpc) is 3.17. The fourth-order valence-corrected chi connectivity index (χ4v) is 4.32. The number of carbonyl (C=O) groups is 1. The summed E-state index contributed by atoms with van der Waals surface area (Å²) >= 11 is 0. The highest BCUT2D eigenvalue weighted by atomic mass is 16.3. The van der Waals surface area contributed by atoms with Crippen LogP contribution in [-0.2, 0) is 30.8 Å². The van der Waals surface area contributed by atoms with Crippen molar-refractivity contribution in [1.29, 1.82) is 0 Å². The number of aliphatic hydroxyl groups is 1. The number of carbonyl (C=O) groups excluding carboxylic acids is 1. The van der Waals surface area contributed by atoms with Gasteiger partial charge in [0.05, 0.1) is 13.2 Å². The van der Waals surface area contributed by atoms with Gasteiger partial charge < -0.3 is 10.0 Å². The second-order valence-corrected chi connectivity index (χ2v) is 7.90. The Morgan fingerprint density at radius 2 is 1.74 bits per heavy atom. The van der Waals surface area contributed by atoms with E-state index in [1.807, 2.05) is 17.0 Å². The summed E-state index contributed by atoms with van der Waals surface area (Å²) in [4.78, 5) is 17.1. The Balaban J connectivity index is 1.28. The molecule has 2 aliphatic rings. The van der Waals surface area contributed by atoms with Gasteiger partial charge in [-0.25, -0.2) is 0 Å². The molecule has 0 bridgehead atoms. The van der Waals surface area contributed by atoms with E-state index >= 15 is 0 Å². The standard InChI is InChI=1S/C23H28N2O2/c26-17-19-7-5-18(6-8-19)13-20-9-12-25(14-20)23(27)16-24-11-10-21-3-1-2-4-22(21)15-24/h1-8,20,26H,9-17H2. The maximum atomic E-state index is 12.8. The summed E-state index contributed by atoms with van der Waals surface area (Å²) in [5.74, 6) is 0.809. The number of benzene rings is 2. The zero-order valence-corrected chi connectivity index (χ0v) is 15.8. The minimum Gasteiger partial charge on any atom is -0.392 e. The van der Waals surface area contributed by atoms with E-state index in [0.717, 1.165) is 51.0 Å². The third-order valence-corrected chi connectivity index (χ3v) is 5.94. The van der Waals surface area contributed by atoms with Crippen LogP contribution < -0.4 is 0 Å². The lowest BCUT2D eigenvalue weighted by molar-refractivity contribution is -0.131. The van der Waals surface area contributed by atoms with E-state index in [4.69, 9.17) is 5.11 Å². The molecular formula is C23H28N2O2. The normalized spacial score (nSPS) is 19.9. The summed E-state index contributed by atoms with van der Waals surface area (Å²) in [6.45, 7) is 4.22. The fourth-order valence-electron chi connectivity index (χ4n) is 4.32. The quantitative estimate of drug-likeness (QED) is 0.887. The molecule has 142 valence electrons. The lowest BCUT2D eigenvalue weighted by Gasteiger charge is -2.29. The summed E-state index contributed by atoms with van der Waals surface area (Å²) in [7, 11) is 0. The van der Waals surface area contributed by atoms with Crippen LogP contribution in [0.25, 0.3) is 0 Å². The molecule has 0 spiro atoms. The summed E-state index contributed by atoms with van der Waals surface area (Å²) < 4.78 is 0. The molecular weight excluding hydrogens is 336 g/mol. The van der Waals surface area contributed by atoms with E-state index in [9.17, 15) is 4.79 Å². The SMILES string of the molecule is O=C(CN1CCc2ccccc2C1)N1CCC(Cc2ccc(CO)cc2)C1. The minimum atomic E-state index is 0.0902. The molecule has 2 heterocycles. The Morgan fingerprint density at radius 3 is 2.52 bits per heavy atom. The largest absolute Gasteiger partial charge is 0.392 e. The van der Waals surface area contributed by atoms with Crippen molar-refractivity contribution in [2.75, 3.05) is 26.2 Å². The number of rotatable bonds is 5. The summed E-state index contributed by atoms with van der Waals surface area (Å²) in [6, 6.07) is 16.7. The molecule has 1 unspecified atom stereocenters. The monoisotopic (exact) mass is 364 g/mol.